The van der Waals surface area contributed by atoms with Crippen molar-refractivity contribution < 1.29 is 58.9 Å². The van der Waals surface area contributed by atoms with Gasteiger partial charge in [0.05, 0.1) is 20.3 Å². The van der Waals surface area contributed by atoms with Crippen molar-refractivity contribution in [1.82, 2.24) is 0 Å². The van der Waals surface area contributed by atoms with Crippen molar-refractivity contribution in [2.45, 2.75) is 36.8 Å². The van der Waals surface area contributed by atoms with E-state index in [1.165, 1.54) is 44.6 Å². The average Bonchev–Trinajstić information content (AvgIpc) is 2.89. The van der Waals surface area contributed by atoms with Crippen molar-refractivity contribution in [2.75, 3.05) is 14.2 Å². The molecule has 1 aliphatic carbocycles. The number of aliphatic hydroxyl groups is 2. The number of carbonyl (C=O) groups is 3. The summed E-state index contributed by atoms with van der Waals surface area (Å²) in [6, 6.07) is 8.68. The highest BCUT2D eigenvalue weighted by molar-refractivity contribution is 5.88. The molecule has 39 heavy (non-hydrogen) atoms. The van der Waals surface area contributed by atoms with Crippen LogP contribution in [0.25, 0.3) is 12.2 Å². The highest BCUT2D eigenvalue weighted by atomic mass is 16.6. The molecule has 0 saturated heterocycles. The predicted octanol–water partition coefficient (Wildman–Crippen LogP) is 1.64. The molecule has 4 atom stereocenters. The smallest absolute Gasteiger partial charge is 0.335 e. The van der Waals surface area contributed by atoms with Gasteiger partial charge < -0.3 is 44.5 Å². The zero-order chi connectivity index (χ0) is 28.7. The van der Waals surface area contributed by atoms with E-state index in [0.29, 0.717) is 22.6 Å². The standard InChI is InChI=1S/C27H28O12/c1-36-20-8-4-16(12-21(20)37-2)6-9-23(31)38-22-14-27(35,26(33)34)13-19(30)25(22)39-24(32)10-5-15-3-7-17(28)18(29)11-15/h3-12,19,22,25,28-30,35H,13-14H2,1-2H3,(H,33,34)/b9-6+,10-5+/t19-,22-,25+,27-/m0/s1. The number of phenols is 2. The van der Waals surface area contributed by atoms with Crippen LogP contribution in [0.2, 0.25) is 0 Å². The van der Waals surface area contributed by atoms with Crippen LogP contribution in [0.5, 0.6) is 23.0 Å². The van der Waals surface area contributed by atoms with E-state index >= 15 is 0 Å². The third-order valence-electron chi connectivity index (χ3n) is 5.98. The van der Waals surface area contributed by atoms with Gasteiger partial charge in [-0.05, 0) is 47.5 Å². The first-order valence-electron chi connectivity index (χ1n) is 11.6. The van der Waals surface area contributed by atoms with Gasteiger partial charge in [-0.3, -0.25) is 0 Å². The van der Waals surface area contributed by atoms with E-state index in [1.54, 1.807) is 18.2 Å². The lowest BCUT2D eigenvalue weighted by atomic mass is 9.79. The molecular weight excluding hydrogens is 516 g/mol. The fourth-order valence-corrected chi connectivity index (χ4v) is 3.97. The van der Waals surface area contributed by atoms with E-state index in [0.717, 1.165) is 12.2 Å². The first kappa shape index (κ1) is 29.0. The number of hydrogen-bond acceptors (Lipinski definition) is 11. The van der Waals surface area contributed by atoms with Gasteiger partial charge in [-0.1, -0.05) is 12.1 Å². The predicted molar refractivity (Wildman–Crippen MR) is 135 cm³/mol. The van der Waals surface area contributed by atoms with Gasteiger partial charge in [-0.2, -0.15) is 0 Å². The summed E-state index contributed by atoms with van der Waals surface area (Å²) in [5.41, 5.74) is -1.54. The Balaban J connectivity index is 1.76. The van der Waals surface area contributed by atoms with Gasteiger partial charge in [0.1, 0.15) is 6.10 Å². The van der Waals surface area contributed by atoms with E-state index < -0.39 is 60.4 Å². The van der Waals surface area contributed by atoms with Crippen LogP contribution in [-0.2, 0) is 23.9 Å². The molecule has 12 heteroatoms. The summed E-state index contributed by atoms with van der Waals surface area (Å²) in [7, 11) is 2.92. The van der Waals surface area contributed by atoms with Crippen molar-refractivity contribution in [3.05, 3.63) is 59.7 Å². The van der Waals surface area contributed by atoms with E-state index in [-0.39, 0.29) is 5.75 Å². The van der Waals surface area contributed by atoms with E-state index in [2.05, 4.69) is 0 Å². The quantitative estimate of drug-likeness (QED) is 0.175. The summed E-state index contributed by atoms with van der Waals surface area (Å²) >= 11 is 0. The maximum absolute atomic E-state index is 12.6. The van der Waals surface area contributed by atoms with Crippen LogP contribution >= 0.6 is 0 Å². The minimum absolute atomic E-state index is 0.343. The number of carboxylic acids is 1. The Morgan fingerprint density at radius 1 is 0.846 bits per heavy atom. The minimum atomic E-state index is -2.43. The second-order valence-corrected chi connectivity index (χ2v) is 8.72. The fourth-order valence-electron chi connectivity index (χ4n) is 3.97. The van der Waals surface area contributed by atoms with Crippen LogP contribution in [0.4, 0.5) is 0 Å². The average molecular weight is 545 g/mol. The SMILES string of the molecule is COc1ccc(/C=C/C(=O)O[C@H]2C[C@](O)(C(=O)O)C[C@H](O)[C@H]2OC(=O)/C=C/c2ccc(O)c(O)c2)cc1OC. The van der Waals surface area contributed by atoms with E-state index in [4.69, 9.17) is 18.9 Å². The van der Waals surface area contributed by atoms with Crippen molar-refractivity contribution in [3.63, 3.8) is 0 Å². The number of carboxylic acid groups (broad SMARTS) is 1. The Morgan fingerprint density at radius 3 is 2.03 bits per heavy atom. The number of rotatable bonds is 9. The molecule has 0 radical (unpaired) electrons. The monoisotopic (exact) mass is 544 g/mol. The van der Waals surface area contributed by atoms with Crippen molar-refractivity contribution >= 4 is 30.1 Å². The number of hydrogen-bond donors (Lipinski definition) is 5. The number of aliphatic carboxylic acids is 1. The number of methoxy groups -OCH3 is 2. The molecule has 2 aromatic rings. The molecule has 208 valence electrons. The van der Waals surface area contributed by atoms with E-state index in [1.807, 2.05) is 0 Å². The lowest BCUT2D eigenvalue weighted by molar-refractivity contribution is -0.204. The van der Waals surface area contributed by atoms with Crippen LogP contribution in [0.15, 0.2) is 48.6 Å². The van der Waals surface area contributed by atoms with Crippen molar-refractivity contribution in [1.29, 1.82) is 0 Å². The Bertz CT molecular complexity index is 1280. The third-order valence-corrected chi connectivity index (χ3v) is 5.98. The Morgan fingerprint density at radius 2 is 1.44 bits per heavy atom. The molecule has 0 heterocycles. The normalized spacial score (nSPS) is 22.9. The molecule has 1 saturated carbocycles. The first-order chi connectivity index (χ1) is 18.4. The first-order valence-corrected chi connectivity index (χ1v) is 11.6. The van der Waals surface area contributed by atoms with Crippen molar-refractivity contribution in [2.24, 2.45) is 0 Å². The van der Waals surface area contributed by atoms with Crippen LogP contribution in [0.1, 0.15) is 24.0 Å². The summed E-state index contributed by atoms with van der Waals surface area (Å²) in [4.78, 5) is 36.6. The highest BCUT2D eigenvalue weighted by Gasteiger charge is 2.52. The molecule has 0 spiro atoms. The number of ether oxygens (including phenoxy) is 4. The van der Waals surface area contributed by atoms with Gasteiger partial charge in [0.25, 0.3) is 0 Å². The molecule has 5 N–H and O–H groups in total. The molecule has 2 aromatic carbocycles. The topological polar surface area (TPSA) is 189 Å². The molecular formula is C27H28O12. The number of carbonyl (C=O) groups excluding carboxylic acids is 2. The molecule has 1 aliphatic rings. The highest BCUT2D eigenvalue weighted by Crippen LogP contribution is 2.34. The molecule has 3 rings (SSSR count). The Kier molecular flexibility index (Phi) is 9.17. The number of esters is 2. The number of phenolic OH excluding ortho intramolecular Hbond substituents is 2. The second kappa shape index (κ2) is 12.3. The summed E-state index contributed by atoms with van der Waals surface area (Å²) in [6.45, 7) is 0. The summed E-state index contributed by atoms with van der Waals surface area (Å²) in [5.74, 6) is -3.44. The molecule has 0 amide bonds. The number of benzene rings is 2. The zero-order valence-corrected chi connectivity index (χ0v) is 21.0. The maximum atomic E-state index is 12.6. The van der Waals surface area contributed by atoms with Crippen LogP contribution < -0.4 is 9.47 Å². The van der Waals surface area contributed by atoms with Crippen LogP contribution in [0, 0.1) is 0 Å². The minimum Gasteiger partial charge on any atom is -0.504 e. The van der Waals surface area contributed by atoms with Gasteiger partial charge in [0.2, 0.25) is 0 Å². The molecule has 0 aromatic heterocycles. The van der Waals surface area contributed by atoms with Gasteiger partial charge in [-0.15, -0.1) is 0 Å². The lowest BCUT2D eigenvalue weighted by Crippen LogP contribution is -2.58. The number of aromatic hydroxyl groups is 2. The Labute approximate surface area is 222 Å². The largest absolute Gasteiger partial charge is 0.504 e. The molecule has 0 aliphatic heterocycles. The van der Waals surface area contributed by atoms with Gasteiger partial charge in [-0.25, -0.2) is 14.4 Å². The van der Waals surface area contributed by atoms with Crippen molar-refractivity contribution in [3.8, 4) is 23.0 Å². The molecule has 12 nitrogen and oxygen atoms in total. The number of aliphatic hydroxyl groups excluding tert-OH is 1. The zero-order valence-electron chi connectivity index (χ0n) is 21.0. The lowest BCUT2D eigenvalue weighted by Gasteiger charge is -2.40. The fraction of sp³-hybridized carbons (Fsp3) is 0.296. The summed E-state index contributed by atoms with van der Waals surface area (Å²) < 4.78 is 20.9. The van der Waals surface area contributed by atoms with Crippen LogP contribution in [0.3, 0.4) is 0 Å². The summed E-state index contributed by atoms with van der Waals surface area (Å²) in [5, 5.41) is 49.4. The molecule has 0 unspecified atom stereocenters. The third kappa shape index (κ3) is 7.27. The van der Waals surface area contributed by atoms with Gasteiger partial charge >= 0.3 is 17.9 Å². The second-order valence-electron chi connectivity index (χ2n) is 8.72. The Hall–Kier alpha value is -4.55. The van der Waals surface area contributed by atoms with Gasteiger partial charge in [0.15, 0.2) is 34.7 Å². The van der Waals surface area contributed by atoms with Gasteiger partial charge in [0, 0.05) is 25.0 Å². The van der Waals surface area contributed by atoms with E-state index in [9.17, 15) is 39.9 Å². The molecule has 0 bridgehead atoms. The summed E-state index contributed by atoms with van der Waals surface area (Å²) in [6.07, 6.45) is -1.34. The maximum Gasteiger partial charge on any atom is 0.335 e. The molecule has 1 fully saturated rings. The van der Waals surface area contributed by atoms with Crippen LogP contribution in [-0.4, -0.2) is 81.6 Å².